The molecular formula is C18H13ClN2O3. The molecule has 1 aromatic heterocycles. The van der Waals surface area contributed by atoms with Crippen LogP contribution >= 0.6 is 11.6 Å². The molecule has 3 aromatic rings. The predicted octanol–water partition coefficient (Wildman–Crippen LogP) is 3.50. The fraction of sp³-hybridized carbons (Fsp3) is 0.111. The molecular weight excluding hydrogens is 328 g/mol. The Labute approximate surface area is 142 Å². The Hall–Kier alpha value is -2.79. The largest absolute Gasteiger partial charge is 0.467 e. The number of halogens is 1. The maximum atomic E-state index is 13.2. The Morgan fingerprint density at radius 1 is 1.21 bits per heavy atom. The molecule has 0 fully saturated rings. The van der Waals surface area contributed by atoms with Crippen LogP contribution in [-0.2, 0) is 15.1 Å². The molecule has 6 heteroatoms. The van der Waals surface area contributed by atoms with Crippen LogP contribution in [0.4, 0.5) is 5.69 Å². The normalized spacial score (nSPS) is 19.2. The highest BCUT2D eigenvalue weighted by atomic mass is 35.5. The zero-order chi connectivity index (χ0) is 16.9. The van der Waals surface area contributed by atoms with Gasteiger partial charge in [0.2, 0.25) is 11.3 Å². The molecule has 1 atom stereocenters. The first-order valence-corrected chi connectivity index (χ1v) is 7.73. The standard InChI is InChI=1S/C18H13ClN2O3/c1-24-17(23)18(13-9-20-14-5-3-2-4-11(13)14)16(22)12-7-6-10(19)8-15(12)21-18/h2-9,20-21H,1H3/t18-/m0/s1. The number of rotatable bonds is 2. The van der Waals surface area contributed by atoms with Crippen molar-refractivity contribution in [1.29, 1.82) is 0 Å². The minimum absolute atomic E-state index is 0.356. The molecule has 2 aromatic carbocycles. The number of para-hydroxylation sites is 1. The summed E-state index contributed by atoms with van der Waals surface area (Å²) in [6, 6.07) is 12.4. The monoisotopic (exact) mass is 340 g/mol. The third-order valence-electron chi connectivity index (χ3n) is 4.37. The van der Waals surface area contributed by atoms with Crippen LogP contribution in [0.25, 0.3) is 10.9 Å². The van der Waals surface area contributed by atoms with Crippen LogP contribution < -0.4 is 5.32 Å². The molecule has 0 unspecified atom stereocenters. The van der Waals surface area contributed by atoms with Gasteiger partial charge in [-0.05, 0) is 24.3 Å². The number of hydrogen-bond acceptors (Lipinski definition) is 4. The number of carbonyl (C=O) groups excluding carboxylic acids is 2. The summed E-state index contributed by atoms with van der Waals surface area (Å²) in [4.78, 5) is 28.9. The van der Waals surface area contributed by atoms with E-state index in [2.05, 4.69) is 10.3 Å². The highest BCUT2D eigenvalue weighted by Gasteiger charge is 2.55. The fourth-order valence-electron chi connectivity index (χ4n) is 3.26. The molecule has 5 nitrogen and oxygen atoms in total. The molecule has 0 radical (unpaired) electrons. The maximum Gasteiger partial charge on any atom is 0.344 e. The van der Waals surface area contributed by atoms with Gasteiger partial charge in [0.05, 0.1) is 7.11 Å². The quantitative estimate of drug-likeness (QED) is 0.553. The van der Waals surface area contributed by atoms with Crippen LogP contribution in [-0.4, -0.2) is 23.8 Å². The predicted molar refractivity (Wildman–Crippen MR) is 91.4 cm³/mol. The van der Waals surface area contributed by atoms with Gasteiger partial charge in [-0.3, -0.25) is 4.79 Å². The summed E-state index contributed by atoms with van der Waals surface area (Å²) >= 11 is 6.02. The van der Waals surface area contributed by atoms with Gasteiger partial charge in [-0.25, -0.2) is 4.79 Å². The maximum absolute atomic E-state index is 13.2. The molecule has 0 bridgehead atoms. The van der Waals surface area contributed by atoms with Crippen molar-refractivity contribution in [2.24, 2.45) is 0 Å². The van der Waals surface area contributed by atoms with Gasteiger partial charge in [0.15, 0.2) is 0 Å². The molecule has 0 saturated carbocycles. The molecule has 0 aliphatic carbocycles. The van der Waals surface area contributed by atoms with Crippen molar-refractivity contribution in [2.45, 2.75) is 5.54 Å². The number of nitrogens with one attached hydrogen (secondary N) is 2. The molecule has 24 heavy (non-hydrogen) atoms. The molecule has 0 amide bonds. The van der Waals surface area contributed by atoms with Crippen LogP contribution in [0.2, 0.25) is 5.02 Å². The number of aromatic nitrogens is 1. The SMILES string of the molecule is COC(=O)[C@@]1(c2c[nH]c3ccccc23)Nc2cc(Cl)ccc2C1=O. The number of carbonyl (C=O) groups is 2. The number of fused-ring (bicyclic) bond motifs is 2. The summed E-state index contributed by atoms with van der Waals surface area (Å²) in [5.74, 6) is -1.02. The van der Waals surface area contributed by atoms with Gasteiger partial charge in [0.25, 0.3) is 0 Å². The van der Waals surface area contributed by atoms with Gasteiger partial charge < -0.3 is 15.0 Å². The first-order chi connectivity index (χ1) is 11.6. The van der Waals surface area contributed by atoms with E-state index in [1.807, 2.05) is 24.3 Å². The van der Waals surface area contributed by atoms with Gasteiger partial charge in [-0.1, -0.05) is 29.8 Å². The van der Waals surface area contributed by atoms with Crippen molar-refractivity contribution in [1.82, 2.24) is 4.98 Å². The van der Waals surface area contributed by atoms with Crippen LogP contribution in [0.15, 0.2) is 48.7 Å². The Kier molecular flexibility index (Phi) is 3.15. The van der Waals surface area contributed by atoms with E-state index in [9.17, 15) is 9.59 Å². The van der Waals surface area contributed by atoms with Gasteiger partial charge in [-0.2, -0.15) is 0 Å². The van der Waals surface area contributed by atoms with Crippen molar-refractivity contribution >= 4 is 39.9 Å². The lowest BCUT2D eigenvalue weighted by atomic mass is 9.85. The van der Waals surface area contributed by atoms with E-state index in [-0.39, 0.29) is 5.78 Å². The van der Waals surface area contributed by atoms with Crippen molar-refractivity contribution in [3.63, 3.8) is 0 Å². The highest BCUT2D eigenvalue weighted by Crippen LogP contribution is 2.43. The summed E-state index contributed by atoms with van der Waals surface area (Å²) in [5, 5.41) is 4.32. The van der Waals surface area contributed by atoms with Gasteiger partial charge in [0.1, 0.15) is 0 Å². The molecule has 1 aliphatic heterocycles. The average molecular weight is 341 g/mol. The number of Topliss-reactive ketones (excluding diaryl/α,β-unsaturated/α-hetero) is 1. The Morgan fingerprint density at radius 3 is 2.79 bits per heavy atom. The van der Waals surface area contributed by atoms with E-state index < -0.39 is 11.5 Å². The second kappa shape index (κ2) is 5.11. The van der Waals surface area contributed by atoms with E-state index in [1.165, 1.54) is 7.11 Å². The summed E-state index contributed by atoms with van der Waals surface area (Å²) < 4.78 is 4.97. The number of ketones is 1. The van der Waals surface area contributed by atoms with Crippen LogP contribution in [0, 0.1) is 0 Å². The topological polar surface area (TPSA) is 71.2 Å². The molecule has 120 valence electrons. The lowest BCUT2D eigenvalue weighted by Gasteiger charge is -2.25. The van der Waals surface area contributed by atoms with Crippen LogP contribution in [0.3, 0.4) is 0 Å². The Morgan fingerprint density at radius 2 is 2.00 bits per heavy atom. The van der Waals surface area contributed by atoms with Crippen molar-refractivity contribution in [3.05, 3.63) is 64.8 Å². The molecule has 0 spiro atoms. The lowest BCUT2D eigenvalue weighted by Crippen LogP contribution is -2.47. The number of benzene rings is 2. The fourth-order valence-corrected chi connectivity index (χ4v) is 3.43. The molecule has 2 heterocycles. The Balaban J connectivity index is 2.00. The number of ether oxygens (including phenoxy) is 1. The Bertz CT molecular complexity index is 995. The third-order valence-corrected chi connectivity index (χ3v) is 4.61. The minimum Gasteiger partial charge on any atom is -0.467 e. The van der Waals surface area contributed by atoms with Crippen molar-refractivity contribution in [2.75, 3.05) is 12.4 Å². The van der Waals surface area contributed by atoms with Gasteiger partial charge >= 0.3 is 5.97 Å². The molecule has 2 N–H and O–H groups in total. The van der Waals surface area contributed by atoms with Crippen LogP contribution in [0.1, 0.15) is 15.9 Å². The van der Waals surface area contributed by atoms with E-state index in [0.717, 1.165) is 10.9 Å². The minimum atomic E-state index is -1.62. The first kappa shape index (κ1) is 14.8. The van der Waals surface area contributed by atoms with E-state index in [1.54, 1.807) is 24.4 Å². The summed E-state index contributed by atoms with van der Waals surface area (Å²) in [6.07, 6.45) is 1.67. The second-order valence-corrected chi connectivity index (χ2v) is 6.07. The number of methoxy groups -OCH3 is 1. The molecule has 1 aliphatic rings. The zero-order valence-corrected chi connectivity index (χ0v) is 13.5. The van der Waals surface area contributed by atoms with Crippen molar-refractivity contribution < 1.29 is 14.3 Å². The molecule has 0 saturated heterocycles. The van der Waals surface area contributed by atoms with Gasteiger partial charge in [0, 0.05) is 38.9 Å². The van der Waals surface area contributed by atoms with Gasteiger partial charge in [-0.15, -0.1) is 0 Å². The number of hydrogen-bond donors (Lipinski definition) is 2. The molecule has 4 rings (SSSR count). The highest BCUT2D eigenvalue weighted by molar-refractivity contribution is 6.32. The van der Waals surface area contributed by atoms with Crippen molar-refractivity contribution in [3.8, 4) is 0 Å². The van der Waals surface area contributed by atoms with E-state index in [0.29, 0.717) is 21.8 Å². The number of anilines is 1. The van der Waals surface area contributed by atoms with E-state index >= 15 is 0 Å². The second-order valence-electron chi connectivity index (χ2n) is 5.63. The smallest absolute Gasteiger partial charge is 0.344 e. The number of esters is 1. The lowest BCUT2D eigenvalue weighted by molar-refractivity contribution is -0.144. The first-order valence-electron chi connectivity index (χ1n) is 7.35. The van der Waals surface area contributed by atoms with Crippen LogP contribution in [0.5, 0.6) is 0 Å². The van der Waals surface area contributed by atoms with E-state index in [4.69, 9.17) is 16.3 Å². The number of aromatic amines is 1. The summed E-state index contributed by atoms with van der Waals surface area (Å²) in [7, 11) is 1.27. The third kappa shape index (κ3) is 1.82. The number of H-pyrrole nitrogens is 1. The summed E-state index contributed by atoms with van der Waals surface area (Å²) in [6.45, 7) is 0. The zero-order valence-electron chi connectivity index (χ0n) is 12.7. The summed E-state index contributed by atoms with van der Waals surface area (Å²) in [5.41, 5.74) is 0.668. The average Bonchev–Trinajstić information content (AvgIpc) is 3.14.